The Kier molecular flexibility index (Phi) is 4.19. The number of hydrogen-bond acceptors (Lipinski definition) is 4. The standard InChI is InChI=1S/C13H19N3O3/c1-3-19-13(18)10-4-6-16(7-5-10)12(17)11-8-14-15-9(11)2/h8,10H,3-7H2,1-2H3,(H,14,15). The topological polar surface area (TPSA) is 75.3 Å². The summed E-state index contributed by atoms with van der Waals surface area (Å²) in [4.78, 5) is 25.6. The van der Waals surface area contributed by atoms with Gasteiger partial charge in [-0.2, -0.15) is 5.10 Å². The number of likely N-dealkylation sites (tertiary alicyclic amines) is 1. The molecule has 0 bridgehead atoms. The fraction of sp³-hybridized carbons (Fsp3) is 0.615. The van der Waals surface area contributed by atoms with Gasteiger partial charge in [-0.05, 0) is 26.7 Å². The summed E-state index contributed by atoms with van der Waals surface area (Å²) in [5.41, 5.74) is 1.38. The Morgan fingerprint density at radius 2 is 2.16 bits per heavy atom. The van der Waals surface area contributed by atoms with Gasteiger partial charge in [0.2, 0.25) is 0 Å². The number of hydrogen-bond donors (Lipinski definition) is 1. The summed E-state index contributed by atoms with van der Waals surface area (Å²) in [5, 5.41) is 6.62. The van der Waals surface area contributed by atoms with Gasteiger partial charge in [-0.1, -0.05) is 0 Å². The van der Waals surface area contributed by atoms with Crippen LogP contribution in [0.15, 0.2) is 6.20 Å². The van der Waals surface area contributed by atoms with E-state index in [1.165, 1.54) is 0 Å². The lowest BCUT2D eigenvalue weighted by atomic mass is 9.96. The molecule has 1 aromatic rings. The van der Waals surface area contributed by atoms with Crippen molar-refractivity contribution in [2.45, 2.75) is 26.7 Å². The number of esters is 1. The van der Waals surface area contributed by atoms with E-state index in [2.05, 4.69) is 10.2 Å². The Hall–Kier alpha value is -1.85. The van der Waals surface area contributed by atoms with Gasteiger partial charge in [-0.3, -0.25) is 14.7 Å². The van der Waals surface area contributed by atoms with Crippen LogP contribution in [0.4, 0.5) is 0 Å². The quantitative estimate of drug-likeness (QED) is 0.831. The smallest absolute Gasteiger partial charge is 0.309 e. The van der Waals surface area contributed by atoms with Crippen LogP contribution < -0.4 is 0 Å². The van der Waals surface area contributed by atoms with E-state index in [-0.39, 0.29) is 17.8 Å². The average molecular weight is 265 g/mol. The molecule has 1 aliphatic rings. The van der Waals surface area contributed by atoms with Crippen molar-refractivity contribution in [1.29, 1.82) is 0 Å². The third-order valence-corrected chi connectivity index (χ3v) is 3.46. The predicted molar refractivity (Wildman–Crippen MR) is 68.6 cm³/mol. The Bertz CT molecular complexity index is 461. The van der Waals surface area contributed by atoms with Gasteiger partial charge in [0.1, 0.15) is 0 Å². The predicted octanol–water partition coefficient (Wildman–Crippen LogP) is 1.13. The van der Waals surface area contributed by atoms with Crippen molar-refractivity contribution in [2.75, 3.05) is 19.7 Å². The van der Waals surface area contributed by atoms with E-state index in [0.29, 0.717) is 38.1 Å². The number of nitrogens with one attached hydrogen (secondary N) is 1. The van der Waals surface area contributed by atoms with Crippen LogP contribution in [0, 0.1) is 12.8 Å². The third kappa shape index (κ3) is 2.94. The second-order valence-electron chi connectivity index (χ2n) is 4.73. The van der Waals surface area contributed by atoms with Crippen molar-refractivity contribution in [3.8, 4) is 0 Å². The van der Waals surface area contributed by atoms with Crippen LogP contribution in [0.2, 0.25) is 0 Å². The molecule has 2 rings (SSSR count). The molecule has 1 fully saturated rings. The monoisotopic (exact) mass is 265 g/mol. The van der Waals surface area contributed by atoms with Crippen LogP contribution in [-0.4, -0.2) is 46.7 Å². The minimum absolute atomic E-state index is 0.0199. The number of aromatic nitrogens is 2. The van der Waals surface area contributed by atoms with Gasteiger partial charge in [0.25, 0.3) is 5.91 Å². The molecular formula is C13H19N3O3. The van der Waals surface area contributed by atoms with Gasteiger partial charge >= 0.3 is 5.97 Å². The molecule has 1 aromatic heterocycles. The molecule has 104 valence electrons. The number of H-pyrrole nitrogens is 1. The Balaban J connectivity index is 1.92. The van der Waals surface area contributed by atoms with Crippen molar-refractivity contribution < 1.29 is 14.3 Å². The summed E-state index contributed by atoms with van der Waals surface area (Å²) < 4.78 is 5.01. The lowest BCUT2D eigenvalue weighted by Gasteiger charge is -2.30. The summed E-state index contributed by atoms with van der Waals surface area (Å²) in [6.45, 7) is 5.22. The zero-order valence-electron chi connectivity index (χ0n) is 11.3. The number of rotatable bonds is 3. The highest BCUT2D eigenvalue weighted by atomic mass is 16.5. The zero-order chi connectivity index (χ0) is 13.8. The zero-order valence-corrected chi connectivity index (χ0v) is 11.3. The number of carbonyl (C=O) groups excluding carboxylic acids is 2. The van der Waals surface area contributed by atoms with Crippen molar-refractivity contribution >= 4 is 11.9 Å². The minimum atomic E-state index is -0.144. The van der Waals surface area contributed by atoms with E-state index in [4.69, 9.17) is 4.74 Å². The molecule has 1 amide bonds. The first-order chi connectivity index (χ1) is 9.13. The highest BCUT2D eigenvalue weighted by Crippen LogP contribution is 2.20. The van der Waals surface area contributed by atoms with Crippen LogP contribution in [-0.2, 0) is 9.53 Å². The summed E-state index contributed by atoms with van der Waals surface area (Å²) >= 11 is 0. The van der Waals surface area contributed by atoms with Gasteiger partial charge in [-0.15, -0.1) is 0 Å². The maximum Gasteiger partial charge on any atom is 0.309 e. The SMILES string of the molecule is CCOC(=O)C1CCN(C(=O)c2cn[nH]c2C)CC1. The number of carbonyl (C=O) groups is 2. The Morgan fingerprint density at radius 3 is 2.68 bits per heavy atom. The lowest BCUT2D eigenvalue weighted by Crippen LogP contribution is -2.40. The molecule has 0 aliphatic carbocycles. The average Bonchev–Trinajstić information content (AvgIpc) is 2.84. The molecule has 1 saturated heterocycles. The fourth-order valence-electron chi connectivity index (χ4n) is 2.32. The molecule has 2 heterocycles. The summed E-state index contributed by atoms with van der Waals surface area (Å²) in [7, 11) is 0. The molecule has 19 heavy (non-hydrogen) atoms. The number of aryl methyl sites for hydroxylation is 1. The molecule has 0 saturated carbocycles. The number of aromatic amines is 1. The third-order valence-electron chi connectivity index (χ3n) is 3.46. The first-order valence-electron chi connectivity index (χ1n) is 6.59. The van der Waals surface area contributed by atoms with Crippen LogP contribution >= 0.6 is 0 Å². The molecule has 0 unspecified atom stereocenters. The van der Waals surface area contributed by atoms with E-state index in [0.717, 1.165) is 5.69 Å². The molecular weight excluding hydrogens is 246 g/mol. The van der Waals surface area contributed by atoms with Gasteiger partial charge in [0.05, 0.1) is 24.3 Å². The molecule has 1 N–H and O–H groups in total. The largest absolute Gasteiger partial charge is 0.466 e. The van der Waals surface area contributed by atoms with E-state index in [1.807, 2.05) is 6.92 Å². The summed E-state index contributed by atoms with van der Waals surface area (Å²) in [5.74, 6) is -0.239. The maximum atomic E-state index is 12.2. The molecule has 0 spiro atoms. The van der Waals surface area contributed by atoms with Gasteiger partial charge in [0.15, 0.2) is 0 Å². The summed E-state index contributed by atoms with van der Waals surface area (Å²) in [6.07, 6.45) is 2.89. The molecule has 0 atom stereocenters. The molecule has 1 aliphatic heterocycles. The number of piperidine rings is 1. The molecule has 6 nitrogen and oxygen atoms in total. The van der Waals surface area contributed by atoms with Crippen molar-refractivity contribution in [3.05, 3.63) is 17.5 Å². The Morgan fingerprint density at radius 1 is 1.47 bits per heavy atom. The summed E-state index contributed by atoms with van der Waals surface area (Å²) in [6, 6.07) is 0. The molecule has 6 heteroatoms. The van der Waals surface area contributed by atoms with E-state index in [1.54, 1.807) is 18.0 Å². The van der Waals surface area contributed by atoms with E-state index in [9.17, 15) is 9.59 Å². The van der Waals surface area contributed by atoms with Crippen molar-refractivity contribution in [2.24, 2.45) is 5.92 Å². The van der Waals surface area contributed by atoms with Gasteiger partial charge < -0.3 is 9.64 Å². The number of nitrogens with zero attached hydrogens (tertiary/aromatic N) is 2. The highest BCUT2D eigenvalue weighted by molar-refractivity contribution is 5.95. The lowest BCUT2D eigenvalue weighted by molar-refractivity contribution is -0.149. The van der Waals surface area contributed by atoms with Gasteiger partial charge in [-0.25, -0.2) is 0 Å². The normalized spacial score (nSPS) is 16.4. The molecule has 0 aromatic carbocycles. The first-order valence-corrected chi connectivity index (χ1v) is 6.59. The fourth-order valence-corrected chi connectivity index (χ4v) is 2.32. The number of amides is 1. The molecule has 0 radical (unpaired) electrons. The van der Waals surface area contributed by atoms with E-state index >= 15 is 0 Å². The van der Waals surface area contributed by atoms with Crippen molar-refractivity contribution in [1.82, 2.24) is 15.1 Å². The van der Waals surface area contributed by atoms with Gasteiger partial charge in [0, 0.05) is 18.8 Å². The van der Waals surface area contributed by atoms with Crippen LogP contribution in [0.1, 0.15) is 35.8 Å². The van der Waals surface area contributed by atoms with E-state index < -0.39 is 0 Å². The second kappa shape index (κ2) is 5.86. The first kappa shape index (κ1) is 13.6. The second-order valence-corrected chi connectivity index (χ2v) is 4.73. The highest BCUT2D eigenvalue weighted by Gasteiger charge is 2.29. The minimum Gasteiger partial charge on any atom is -0.466 e. The van der Waals surface area contributed by atoms with Crippen LogP contribution in [0.25, 0.3) is 0 Å². The number of ether oxygens (including phenoxy) is 1. The van der Waals surface area contributed by atoms with Crippen molar-refractivity contribution in [3.63, 3.8) is 0 Å². The van der Waals surface area contributed by atoms with Crippen LogP contribution in [0.5, 0.6) is 0 Å². The maximum absolute atomic E-state index is 12.2. The van der Waals surface area contributed by atoms with Crippen LogP contribution in [0.3, 0.4) is 0 Å². The Labute approximate surface area is 112 Å².